The standard InChI is InChI=1S/C13H20ClNO2/c1-4-17-13-7-9(2)10(8-11(13)14)12(16)5-6-15-3/h7-8,12,15-16H,4-6H2,1-3H3. The molecule has 1 unspecified atom stereocenters. The molecule has 0 amide bonds. The third-order valence-corrected chi connectivity index (χ3v) is 2.94. The van der Waals surface area contributed by atoms with Gasteiger partial charge in [0.15, 0.2) is 0 Å². The fourth-order valence-corrected chi connectivity index (χ4v) is 1.96. The molecule has 0 radical (unpaired) electrons. The number of benzene rings is 1. The van der Waals surface area contributed by atoms with Crippen molar-refractivity contribution in [3.8, 4) is 5.75 Å². The summed E-state index contributed by atoms with van der Waals surface area (Å²) < 4.78 is 5.41. The molecule has 0 fully saturated rings. The summed E-state index contributed by atoms with van der Waals surface area (Å²) in [6, 6.07) is 3.67. The number of aryl methyl sites for hydroxylation is 1. The van der Waals surface area contributed by atoms with Crippen molar-refractivity contribution in [3.63, 3.8) is 0 Å². The smallest absolute Gasteiger partial charge is 0.138 e. The molecule has 0 aromatic heterocycles. The number of aliphatic hydroxyl groups is 1. The van der Waals surface area contributed by atoms with E-state index in [0.29, 0.717) is 23.8 Å². The SMILES string of the molecule is CCOc1cc(C)c(C(O)CCNC)cc1Cl. The third kappa shape index (κ3) is 3.87. The maximum atomic E-state index is 10.0. The van der Waals surface area contributed by atoms with Gasteiger partial charge in [-0.25, -0.2) is 0 Å². The zero-order valence-electron chi connectivity index (χ0n) is 10.6. The van der Waals surface area contributed by atoms with E-state index in [1.807, 2.05) is 27.0 Å². The minimum absolute atomic E-state index is 0.490. The topological polar surface area (TPSA) is 41.5 Å². The van der Waals surface area contributed by atoms with Crippen molar-refractivity contribution in [2.24, 2.45) is 0 Å². The van der Waals surface area contributed by atoms with Gasteiger partial charge >= 0.3 is 0 Å². The van der Waals surface area contributed by atoms with Crippen LogP contribution in [0.2, 0.25) is 5.02 Å². The molecule has 2 N–H and O–H groups in total. The molecule has 1 aromatic carbocycles. The molecule has 17 heavy (non-hydrogen) atoms. The van der Waals surface area contributed by atoms with Gasteiger partial charge < -0.3 is 15.2 Å². The molecule has 0 aliphatic heterocycles. The van der Waals surface area contributed by atoms with Crippen LogP contribution in [0.15, 0.2) is 12.1 Å². The third-order valence-electron chi connectivity index (χ3n) is 2.65. The summed E-state index contributed by atoms with van der Waals surface area (Å²) in [7, 11) is 1.87. The Labute approximate surface area is 108 Å². The quantitative estimate of drug-likeness (QED) is 0.823. The molecular formula is C13H20ClNO2. The minimum Gasteiger partial charge on any atom is -0.492 e. The molecule has 0 spiro atoms. The summed E-state index contributed by atoms with van der Waals surface area (Å²) in [4.78, 5) is 0. The number of hydrogen-bond acceptors (Lipinski definition) is 3. The molecule has 4 heteroatoms. The molecule has 96 valence electrons. The van der Waals surface area contributed by atoms with Gasteiger partial charge in [0.2, 0.25) is 0 Å². The summed E-state index contributed by atoms with van der Waals surface area (Å²) in [6.45, 7) is 5.23. The van der Waals surface area contributed by atoms with Gasteiger partial charge in [-0.3, -0.25) is 0 Å². The first-order valence-electron chi connectivity index (χ1n) is 5.85. The van der Waals surface area contributed by atoms with E-state index in [9.17, 15) is 5.11 Å². The second-order valence-corrected chi connectivity index (χ2v) is 4.39. The molecule has 1 atom stereocenters. The summed E-state index contributed by atoms with van der Waals surface area (Å²) in [6.07, 6.45) is 0.178. The van der Waals surface area contributed by atoms with E-state index in [1.165, 1.54) is 0 Å². The Kier molecular flexibility index (Phi) is 5.75. The van der Waals surface area contributed by atoms with Gasteiger partial charge in [0, 0.05) is 0 Å². The first-order chi connectivity index (χ1) is 8.10. The first-order valence-corrected chi connectivity index (χ1v) is 6.23. The Hall–Kier alpha value is -0.770. The molecule has 0 aliphatic carbocycles. The minimum atomic E-state index is -0.490. The Bertz CT molecular complexity index is 369. The highest BCUT2D eigenvalue weighted by atomic mass is 35.5. The highest BCUT2D eigenvalue weighted by molar-refractivity contribution is 6.32. The number of rotatable bonds is 6. The largest absolute Gasteiger partial charge is 0.492 e. The van der Waals surface area contributed by atoms with Crippen LogP contribution < -0.4 is 10.1 Å². The number of aliphatic hydroxyl groups excluding tert-OH is 1. The van der Waals surface area contributed by atoms with Crippen molar-refractivity contribution in [2.75, 3.05) is 20.2 Å². The lowest BCUT2D eigenvalue weighted by Gasteiger charge is -2.16. The predicted octanol–water partition coefficient (Wildman–Crippen LogP) is 2.69. The van der Waals surface area contributed by atoms with Crippen molar-refractivity contribution in [3.05, 3.63) is 28.3 Å². The van der Waals surface area contributed by atoms with Gasteiger partial charge in [-0.2, -0.15) is 0 Å². The van der Waals surface area contributed by atoms with Crippen molar-refractivity contribution < 1.29 is 9.84 Å². The van der Waals surface area contributed by atoms with E-state index in [4.69, 9.17) is 16.3 Å². The summed E-state index contributed by atoms with van der Waals surface area (Å²) in [5.41, 5.74) is 1.87. The van der Waals surface area contributed by atoms with Gasteiger partial charge in [-0.1, -0.05) is 11.6 Å². The Morgan fingerprint density at radius 1 is 1.47 bits per heavy atom. The van der Waals surface area contributed by atoms with Crippen LogP contribution in [-0.4, -0.2) is 25.3 Å². The lowest BCUT2D eigenvalue weighted by molar-refractivity contribution is 0.167. The molecule has 0 saturated heterocycles. The monoisotopic (exact) mass is 257 g/mol. The summed E-state index contributed by atoms with van der Waals surface area (Å²) >= 11 is 6.11. The van der Waals surface area contributed by atoms with Gasteiger partial charge in [0.05, 0.1) is 17.7 Å². The lowest BCUT2D eigenvalue weighted by atomic mass is 10.0. The van der Waals surface area contributed by atoms with Crippen LogP contribution in [0.4, 0.5) is 0 Å². The van der Waals surface area contributed by atoms with Crippen LogP contribution in [-0.2, 0) is 0 Å². The van der Waals surface area contributed by atoms with Crippen LogP contribution in [0, 0.1) is 6.92 Å². The molecule has 0 bridgehead atoms. The van der Waals surface area contributed by atoms with Crippen molar-refractivity contribution >= 4 is 11.6 Å². The molecular weight excluding hydrogens is 238 g/mol. The molecule has 3 nitrogen and oxygen atoms in total. The van der Waals surface area contributed by atoms with E-state index in [-0.39, 0.29) is 0 Å². The van der Waals surface area contributed by atoms with Gasteiger partial charge in [-0.15, -0.1) is 0 Å². The van der Waals surface area contributed by atoms with Crippen LogP contribution in [0.25, 0.3) is 0 Å². The Morgan fingerprint density at radius 3 is 2.76 bits per heavy atom. The molecule has 0 saturated carbocycles. The van der Waals surface area contributed by atoms with E-state index < -0.39 is 6.10 Å². The average Bonchev–Trinajstić information content (AvgIpc) is 2.30. The van der Waals surface area contributed by atoms with E-state index >= 15 is 0 Å². The van der Waals surface area contributed by atoms with E-state index in [0.717, 1.165) is 17.7 Å². The maximum absolute atomic E-state index is 10.0. The van der Waals surface area contributed by atoms with Crippen LogP contribution in [0.5, 0.6) is 5.75 Å². The second kappa shape index (κ2) is 6.84. The van der Waals surface area contributed by atoms with Crippen LogP contribution in [0.1, 0.15) is 30.6 Å². The van der Waals surface area contributed by atoms with Gasteiger partial charge in [-0.05, 0) is 57.1 Å². The fraction of sp³-hybridized carbons (Fsp3) is 0.538. The summed E-state index contributed by atoms with van der Waals surface area (Å²) in [5, 5.41) is 13.6. The molecule has 0 aliphatic rings. The number of ether oxygens (including phenoxy) is 1. The van der Waals surface area contributed by atoms with Crippen molar-refractivity contribution in [1.82, 2.24) is 5.32 Å². The maximum Gasteiger partial charge on any atom is 0.138 e. The van der Waals surface area contributed by atoms with E-state index in [1.54, 1.807) is 6.07 Å². The lowest BCUT2D eigenvalue weighted by Crippen LogP contribution is -2.12. The molecule has 1 aromatic rings. The number of hydrogen-bond donors (Lipinski definition) is 2. The fourth-order valence-electron chi connectivity index (χ4n) is 1.73. The van der Waals surface area contributed by atoms with Crippen LogP contribution >= 0.6 is 11.6 Å². The summed E-state index contributed by atoms with van der Waals surface area (Å²) in [5.74, 6) is 0.677. The van der Waals surface area contributed by atoms with Gasteiger partial charge in [0.25, 0.3) is 0 Å². The number of nitrogens with one attached hydrogen (secondary N) is 1. The highest BCUT2D eigenvalue weighted by Crippen LogP contribution is 2.31. The van der Waals surface area contributed by atoms with Gasteiger partial charge in [0.1, 0.15) is 5.75 Å². The average molecular weight is 258 g/mol. The second-order valence-electron chi connectivity index (χ2n) is 3.98. The molecule has 1 rings (SSSR count). The molecule has 0 heterocycles. The van der Waals surface area contributed by atoms with Crippen molar-refractivity contribution in [1.29, 1.82) is 0 Å². The normalized spacial score (nSPS) is 12.5. The zero-order valence-corrected chi connectivity index (χ0v) is 11.3. The van der Waals surface area contributed by atoms with Crippen LogP contribution in [0.3, 0.4) is 0 Å². The highest BCUT2D eigenvalue weighted by Gasteiger charge is 2.13. The van der Waals surface area contributed by atoms with E-state index in [2.05, 4.69) is 5.32 Å². The zero-order chi connectivity index (χ0) is 12.8. The first kappa shape index (κ1) is 14.3. The predicted molar refractivity (Wildman–Crippen MR) is 70.9 cm³/mol. The Morgan fingerprint density at radius 2 is 2.18 bits per heavy atom. The Balaban J connectivity index is 2.90. The van der Waals surface area contributed by atoms with Crippen molar-refractivity contribution in [2.45, 2.75) is 26.4 Å². The number of halogens is 1.